The highest BCUT2D eigenvalue weighted by atomic mass is 32.2. The van der Waals surface area contributed by atoms with Crippen LogP contribution >= 0.6 is 11.8 Å². The normalized spacial score (nSPS) is 24.5. The van der Waals surface area contributed by atoms with Crippen LogP contribution in [0, 0.1) is 0 Å². The fourth-order valence-electron chi connectivity index (χ4n) is 2.71. The van der Waals surface area contributed by atoms with Gasteiger partial charge in [0.15, 0.2) is 0 Å². The summed E-state index contributed by atoms with van der Waals surface area (Å²) in [7, 11) is 0. The maximum absolute atomic E-state index is 9.59. The van der Waals surface area contributed by atoms with Crippen molar-refractivity contribution in [1.29, 1.82) is 0 Å². The van der Waals surface area contributed by atoms with Crippen molar-refractivity contribution in [3.63, 3.8) is 0 Å². The van der Waals surface area contributed by atoms with Crippen molar-refractivity contribution in [3.8, 4) is 0 Å². The van der Waals surface area contributed by atoms with Crippen LogP contribution in [-0.4, -0.2) is 46.7 Å². The van der Waals surface area contributed by atoms with Gasteiger partial charge in [0.1, 0.15) is 0 Å². The van der Waals surface area contributed by atoms with Gasteiger partial charge in [-0.15, -0.1) is 0 Å². The summed E-state index contributed by atoms with van der Waals surface area (Å²) in [6.07, 6.45) is 7.46. The average Bonchev–Trinajstić information content (AvgIpc) is 2.50. The van der Waals surface area contributed by atoms with E-state index in [1.165, 1.54) is 56.7 Å². The molecule has 0 radical (unpaired) electrons. The first-order valence-corrected chi connectivity index (χ1v) is 8.39. The molecule has 2 atom stereocenters. The highest BCUT2D eigenvalue weighted by Gasteiger charge is 2.21. The minimum atomic E-state index is -0.148. The van der Waals surface area contributed by atoms with E-state index in [1.807, 2.05) is 18.7 Å². The molecule has 1 fully saturated rings. The molecule has 2 unspecified atom stereocenters. The van der Waals surface area contributed by atoms with E-state index in [1.54, 1.807) is 0 Å². The molecule has 1 rings (SSSR count). The molecule has 0 bridgehead atoms. The monoisotopic (exact) mass is 259 g/mol. The van der Waals surface area contributed by atoms with Crippen molar-refractivity contribution in [3.05, 3.63) is 0 Å². The number of aliphatic hydroxyl groups is 1. The Balaban J connectivity index is 2.33. The first-order valence-electron chi connectivity index (χ1n) is 7.24. The summed E-state index contributed by atoms with van der Waals surface area (Å²) in [5, 5.41) is 9.59. The predicted octanol–water partition coefficient (Wildman–Crippen LogP) is 3.15. The summed E-state index contributed by atoms with van der Waals surface area (Å²) in [6.45, 7) is 6.63. The van der Waals surface area contributed by atoms with Gasteiger partial charge in [-0.1, -0.05) is 19.8 Å². The molecule has 1 aliphatic rings. The van der Waals surface area contributed by atoms with Crippen molar-refractivity contribution >= 4 is 11.8 Å². The number of hydrogen-bond donors (Lipinski definition) is 1. The predicted molar refractivity (Wildman–Crippen MR) is 77.7 cm³/mol. The van der Waals surface area contributed by atoms with Crippen molar-refractivity contribution in [2.45, 2.75) is 64.5 Å². The molecule has 0 saturated carbocycles. The molecule has 0 aromatic heterocycles. The van der Waals surface area contributed by atoms with Crippen molar-refractivity contribution in [2.75, 3.05) is 24.6 Å². The van der Waals surface area contributed by atoms with Crippen LogP contribution in [0.5, 0.6) is 0 Å². The topological polar surface area (TPSA) is 23.5 Å². The average molecular weight is 259 g/mol. The molecule has 102 valence electrons. The van der Waals surface area contributed by atoms with Crippen LogP contribution < -0.4 is 0 Å². The number of hydrogen-bond acceptors (Lipinski definition) is 3. The van der Waals surface area contributed by atoms with Gasteiger partial charge in [0, 0.05) is 6.04 Å². The summed E-state index contributed by atoms with van der Waals surface area (Å²) in [5.74, 6) is 2.52. The third-order valence-electron chi connectivity index (χ3n) is 3.55. The zero-order valence-electron chi connectivity index (χ0n) is 11.5. The zero-order valence-corrected chi connectivity index (χ0v) is 12.3. The number of thioether (sulfide) groups is 1. The van der Waals surface area contributed by atoms with Gasteiger partial charge in [-0.25, -0.2) is 0 Å². The smallest absolute Gasteiger partial charge is 0.0527 e. The second-order valence-electron chi connectivity index (χ2n) is 5.17. The molecule has 3 heteroatoms. The SMILES string of the molecule is CCSCCCN1CCCCCC1CC(C)O. The molecule has 1 aliphatic heterocycles. The third kappa shape index (κ3) is 6.68. The molecule has 1 N–H and O–H groups in total. The van der Waals surface area contributed by atoms with E-state index in [-0.39, 0.29) is 6.10 Å². The van der Waals surface area contributed by atoms with Gasteiger partial charge >= 0.3 is 0 Å². The molecular weight excluding hydrogens is 230 g/mol. The Morgan fingerprint density at radius 1 is 1.35 bits per heavy atom. The van der Waals surface area contributed by atoms with Crippen LogP contribution in [0.15, 0.2) is 0 Å². The number of nitrogens with zero attached hydrogens (tertiary/aromatic N) is 1. The van der Waals surface area contributed by atoms with Crippen molar-refractivity contribution in [1.82, 2.24) is 4.90 Å². The van der Waals surface area contributed by atoms with E-state index in [0.29, 0.717) is 6.04 Å². The van der Waals surface area contributed by atoms with Gasteiger partial charge in [-0.05, 0) is 57.2 Å². The Morgan fingerprint density at radius 3 is 2.88 bits per heavy atom. The Bertz CT molecular complexity index is 187. The van der Waals surface area contributed by atoms with Crippen LogP contribution in [0.3, 0.4) is 0 Å². The lowest BCUT2D eigenvalue weighted by molar-refractivity contribution is 0.113. The van der Waals surface area contributed by atoms with Crippen LogP contribution in [0.25, 0.3) is 0 Å². The molecule has 0 aliphatic carbocycles. The molecule has 1 heterocycles. The van der Waals surface area contributed by atoms with Crippen LogP contribution in [0.1, 0.15) is 52.4 Å². The summed E-state index contributed by atoms with van der Waals surface area (Å²) < 4.78 is 0. The maximum Gasteiger partial charge on any atom is 0.0527 e. The summed E-state index contributed by atoms with van der Waals surface area (Å²) in [5.41, 5.74) is 0. The van der Waals surface area contributed by atoms with Gasteiger partial charge in [-0.3, -0.25) is 0 Å². The van der Waals surface area contributed by atoms with Crippen LogP contribution in [0.2, 0.25) is 0 Å². The lowest BCUT2D eigenvalue weighted by Gasteiger charge is -2.30. The third-order valence-corrected chi connectivity index (χ3v) is 4.54. The largest absolute Gasteiger partial charge is 0.393 e. The highest BCUT2D eigenvalue weighted by Crippen LogP contribution is 2.21. The maximum atomic E-state index is 9.59. The minimum absolute atomic E-state index is 0.148. The van der Waals surface area contributed by atoms with Gasteiger partial charge in [0.2, 0.25) is 0 Å². The summed E-state index contributed by atoms with van der Waals surface area (Å²) in [6, 6.07) is 0.629. The molecule has 0 spiro atoms. The Hall–Kier alpha value is 0.270. The first-order chi connectivity index (χ1) is 8.24. The lowest BCUT2D eigenvalue weighted by atomic mass is 10.0. The second kappa shape index (κ2) is 9.23. The molecule has 2 nitrogen and oxygen atoms in total. The van der Waals surface area contributed by atoms with E-state index in [9.17, 15) is 5.11 Å². The van der Waals surface area contributed by atoms with Gasteiger partial charge < -0.3 is 10.0 Å². The number of rotatable bonds is 7. The van der Waals surface area contributed by atoms with Crippen LogP contribution in [0.4, 0.5) is 0 Å². The Labute approximate surface area is 111 Å². The molecule has 0 aromatic carbocycles. The lowest BCUT2D eigenvalue weighted by Crippen LogP contribution is -2.37. The molecule has 17 heavy (non-hydrogen) atoms. The van der Waals surface area contributed by atoms with Crippen molar-refractivity contribution in [2.24, 2.45) is 0 Å². The van der Waals surface area contributed by atoms with Gasteiger partial charge in [-0.2, -0.15) is 11.8 Å². The van der Waals surface area contributed by atoms with Gasteiger partial charge in [0.05, 0.1) is 6.10 Å². The highest BCUT2D eigenvalue weighted by molar-refractivity contribution is 7.99. The molecule has 0 aromatic rings. The Kier molecular flexibility index (Phi) is 8.33. The minimum Gasteiger partial charge on any atom is -0.393 e. The first kappa shape index (κ1) is 15.3. The molecular formula is C14H29NOS. The van der Waals surface area contributed by atoms with E-state index < -0.39 is 0 Å². The molecule has 0 amide bonds. The molecule has 1 saturated heterocycles. The van der Waals surface area contributed by atoms with E-state index >= 15 is 0 Å². The van der Waals surface area contributed by atoms with E-state index in [0.717, 1.165) is 6.42 Å². The standard InChI is InChI=1S/C14H29NOS/c1-3-17-11-7-10-15-9-6-4-5-8-14(15)12-13(2)16/h13-14,16H,3-12H2,1-2H3. The van der Waals surface area contributed by atoms with Gasteiger partial charge in [0.25, 0.3) is 0 Å². The number of aliphatic hydroxyl groups excluding tert-OH is 1. The van der Waals surface area contributed by atoms with E-state index in [2.05, 4.69) is 11.8 Å². The summed E-state index contributed by atoms with van der Waals surface area (Å²) in [4.78, 5) is 2.63. The summed E-state index contributed by atoms with van der Waals surface area (Å²) >= 11 is 2.04. The Morgan fingerprint density at radius 2 is 2.18 bits per heavy atom. The fraction of sp³-hybridized carbons (Fsp3) is 1.00. The fourth-order valence-corrected chi connectivity index (χ4v) is 3.33. The number of likely N-dealkylation sites (tertiary alicyclic amines) is 1. The zero-order chi connectivity index (χ0) is 12.5. The van der Waals surface area contributed by atoms with E-state index in [4.69, 9.17) is 0 Å². The quantitative estimate of drug-likeness (QED) is 0.711. The second-order valence-corrected chi connectivity index (χ2v) is 6.57. The van der Waals surface area contributed by atoms with Crippen molar-refractivity contribution < 1.29 is 5.11 Å². The van der Waals surface area contributed by atoms with Crippen LogP contribution in [-0.2, 0) is 0 Å².